The Kier molecular flexibility index (Phi) is 4.42. The number of thiazole rings is 1. The largest absolute Gasteiger partial charge is 0.314 e. The van der Waals surface area contributed by atoms with Crippen LogP contribution in [0.15, 0.2) is 5.51 Å². The van der Waals surface area contributed by atoms with Crippen molar-refractivity contribution < 1.29 is 0 Å². The van der Waals surface area contributed by atoms with E-state index in [1.807, 2.05) is 16.8 Å². The minimum atomic E-state index is 0. The molecule has 1 aliphatic carbocycles. The molecule has 1 unspecified atom stereocenters. The Morgan fingerprint density at radius 3 is 3.06 bits per heavy atom. The third-order valence-corrected chi connectivity index (χ3v) is 4.46. The molecule has 1 aromatic heterocycles. The Morgan fingerprint density at radius 2 is 2.35 bits per heavy atom. The lowest BCUT2D eigenvalue weighted by Crippen LogP contribution is -2.49. The molecule has 2 fully saturated rings. The summed E-state index contributed by atoms with van der Waals surface area (Å²) in [6.07, 6.45) is 2.71. The molecule has 2 heterocycles. The van der Waals surface area contributed by atoms with Crippen LogP contribution in [0.1, 0.15) is 36.3 Å². The fraction of sp³-hybridized carbons (Fsp3) is 0.750. The fourth-order valence-electron chi connectivity index (χ4n) is 2.39. The van der Waals surface area contributed by atoms with E-state index in [0.717, 1.165) is 25.6 Å². The summed E-state index contributed by atoms with van der Waals surface area (Å²) in [6, 6.07) is 0.655. The SMILES string of the molecule is CC1CNCCN1Cc1scnc1C1CC1.Cl. The zero-order valence-corrected chi connectivity index (χ0v) is 11.8. The van der Waals surface area contributed by atoms with E-state index in [9.17, 15) is 0 Å². The average molecular weight is 274 g/mol. The van der Waals surface area contributed by atoms with Crippen LogP contribution in [-0.4, -0.2) is 35.6 Å². The molecule has 96 valence electrons. The van der Waals surface area contributed by atoms with Crippen LogP contribution in [0, 0.1) is 0 Å². The van der Waals surface area contributed by atoms with Gasteiger partial charge in [0.15, 0.2) is 0 Å². The van der Waals surface area contributed by atoms with Gasteiger partial charge in [0, 0.05) is 43.0 Å². The van der Waals surface area contributed by atoms with Crippen LogP contribution < -0.4 is 5.32 Å². The predicted octanol–water partition coefficient (Wildman–Crippen LogP) is 2.24. The first-order chi connectivity index (χ1) is 7.84. The highest BCUT2D eigenvalue weighted by atomic mass is 35.5. The van der Waals surface area contributed by atoms with Gasteiger partial charge in [-0.25, -0.2) is 4.98 Å². The lowest BCUT2D eigenvalue weighted by molar-refractivity contribution is 0.166. The van der Waals surface area contributed by atoms with E-state index in [1.165, 1.54) is 30.0 Å². The van der Waals surface area contributed by atoms with Crippen molar-refractivity contribution in [2.24, 2.45) is 0 Å². The van der Waals surface area contributed by atoms with Gasteiger partial charge < -0.3 is 5.32 Å². The summed E-state index contributed by atoms with van der Waals surface area (Å²) in [5.74, 6) is 0.791. The van der Waals surface area contributed by atoms with Gasteiger partial charge >= 0.3 is 0 Å². The number of aromatic nitrogens is 1. The lowest BCUT2D eigenvalue weighted by atomic mass is 10.2. The first-order valence-corrected chi connectivity index (χ1v) is 7.09. The second kappa shape index (κ2) is 5.65. The number of nitrogens with zero attached hydrogens (tertiary/aromatic N) is 2. The third-order valence-electron chi connectivity index (χ3n) is 3.62. The van der Waals surface area contributed by atoms with Crippen LogP contribution in [0.4, 0.5) is 0 Å². The number of hydrogen-bond acceptors (Lipinski definition) is 4. The van der Waals surface area contributed by atoms with Gasteiger partial charge in [-0.2, -0.15) is 0 Å². The van der Waals surface area contributed by atoms with Gasteiger partial charge in [0.05, 0.1) is 11.2 Å². The highest BCUT2D eigenvalue weighted by molar-refractivity contribution is 7.09. The highest BCUT2D eigenvalue weighted by Crippen LogP contribution is 2.42. The predicted molar refractivity (Wildman–Crippen MR) is 74.1 cm³/mol. The Morgan fingerprint density at radius 1 is 1.53 bits per heavy atom. The smallest absolute Gasteiger partial charge is 0.0798 e. The Bertz CT molecular complexity index is 364. The van der Waals surface area contributed by atoms with Gasteiger partial charge in [0.2, 0.25) is 0 Å². The molecule has 17 heavy (non-hydrogen) atoms. The van der Waals surface area contributed by atoms with Gasteiger partial charge in [0.25, 0.3) is 0 Å². The molecule has 0 aromatic carbocycles. The molecule has 1 atom stereocenters. The lowest BCUT2D eigenvalue weighted by Gasteiger charge is -2.33. The van der Waals surface area contributed by atoms with E-state index in [-0.39, 0.29) is 12.4 Å². The number of piperazine rings is 1. The van der Waals surface area contributed by atoms with Gasteiger partial charge in [-0.05, 0) is 19.8 Å². The summed E-state index contributed by atoms with van der Waals surface area (Å²) in [4.78, 5) is 8.63. The molecule has 0 spiro atoms. The minimum Gasteiger partial charge on any atom is -0.314 e. The van der Waals surface area contributed by atoms with Gasteiger partial charge in [-0.15, -0.1) is 23.7 Å². The van der Waals surface area contributed by atoms with Crippen LogP contribution >= 0.6 is 23.7 Å². The highest BCUT2D eigenvalue weighted by Gasteiger charge is 2.29. The maximum absolute atomic E-state index is 4.54. The molecule has 1 N–H and O–H groups in total. The second-order valence-electron chi connectivity index (χ2n) is 4.96. The van der Waals surface area contributed by atoms with Crippen LogP contribution in [0.3, 0.4) is 0 Å². The zero-order chi connectivity index (χ0) is 11.0. The molecule has 1 saturated heterocycles. The van der Waals surface area contributed by atoms with Crippen molar-refractivity contribution in [2.75, 3.05) is 19.6 Å². The summed E-state index contributed by atoms with van der Waals surface area (Å²) in [6.45, 7) is 6.84. The maximum atomic E-state index is 4.54. The van der Waals surface area contributed by atoms with Crippen LogP contribution in [0.2, 0.25) is 0 Å². The van der Waals surface area contributed by atoms with E-state index in [1.54, 1.807) is 0 Å². The third kappa shape index (κ3) is 2.99. The summed E-state index contributed by atoms with van der Waals surface area (Å²) in [7, 11) is 0. The molecule has 0 radical (unpaired) electrons. The number of rotatable bonds is 3. The van der Waals surface area contributed by atoms with Crippen molar-refractivity contribution in [3.05, 3.63) is 16.1 Å². The second-order valence-corrected chi connectivity index (χ2v) is 5.90. The van der Waals surface area contributed by atoms with E-state index in [2.05, 4.69) is 22.1 Å². The average Bonchev–Trinajstić information content (AvgIpc) is 3.03. The molecule has 1 aliphatic heterocycles. The van der Waals surface area contributed by atoms with Crippen molar-refractivity contribution in [3.8, 4) is 0 Å². The molecular formula is C12H20ClN3S. The summed E-state index contributed by atoms with van der Waals surface area (Å²) >= 11 is 1.84. The molecule has 2 aliphatic rings. The minimum absolute atomic E-state index is 0. The Balaban J connectivity index is 0.00000108. The summed E-state index contributed by atoms with van der Waals surface area (Å²) in [5.41, 5.74) is 3.42. The van der Waals surface area contributed by atoms with Crippen molar-refractivity contribution in [1.29, 1.82) is 0 Å². The topological polar surface area (TPSA) is 28.2 Å². The van der Waals surface area contributed by atoms with Gasteiger partial charge in [0.1, 0.15) is 0 Å². The van der Waals surface area contributed by atoms with Crippen molar-refractivity contribution in [3.63, 3.8) is 0 Å². The number of halogens is 1. The maximum Gasteiger partial charge on any atom is 0.0798 e. The van der Waals surface area contributed by atoms with Gasteiger partial charge in [-0.1, -0.05) is 0 Å². The summed E-state index contributed by atoms with van der Waals surface area (Å²) < 4.78 is 0. The standard InChI is InChI=1S/C12H19N3S.ClH/c1-9-6-13-4-5-15(9)7-11-12(10-2-3-10)14-8-16-11;/h8-10,13H,2-7H2,1H3;1H. The van der Waals surface area contributed by atoms with E-state index < -0.39 is 0 Å². The zero-order valence-electron chi connectivity index (χ0n) is 10.2. The molecule has 3 nitrogen and oxygen atoms in total. The number of nitrogens with one attached hydrogen (secondary N) is 1. The van der Waals surface area contributed by atoms with E-state index in [0.29, 0.717) is 6.04 Å². The van der Waals surface area contributed by atoms with Crippen LogP contribution in [0.25, 0.3) is 0 Å². The molecule has 3 rings (SSSR count). The fourth-order valence-corrected chi connectivity index (χ4v) is 3.26. The Hall–Kier alpha value is -0.160. The first kappa shape index (κ1) is 13.3. The van der Waals surface area contributed by atoms with Crippen LogP contribution in [-0.2, 0) is 6.54 Å². The molecular weight excluding hydrogens is 254 g/mol. The van der Waals surface area contributed by atoms with Crippen molar-refractivity contribution in [2.45, 2.75) is 38.3 Å². The normalized spacial score (nSPS) is 25.6. The van der Waals surface area contributed by atoms with Crippen molar-refractivity contribution >= 4 is 23.7 Å². The van der Waals surface area contributed by atoms with Crippen LogP contribution in [0.5, 0.6) is 0 Å². The van der Waals surface area contributed by atoms with Crippen molar-refractivity contribution in [1.82, 2.24) is 15.2 Å². The monoisotopic (exact) mass is 273 g/mol. The van der Waals surface area contributed by atoms with E-state index >= 15 is 0 Å². The van der Waals surface area contributed by atoms with Gasteiger partial charge in [-0.3, -0.25) is 4.90 Å². The first-order valence-electron chi connectivity index (χ1n) is 6.21. The molecule has 0 bridgehead atoms. The van der Waals surface area contributed by atoms with E-state index in [4.69, 9.17) is 0 Å². The molecule has 0 amide bonds. The number of hydrogen-bond donors (Lipinski definition) is 1. The molecule has 1 saturated carbocycles. The summed E-state index contributed by atoms with van der Waals surface area (Å²) in [5, 5.41) is 3.44. The quantitative estimate of drug-likeness (QED) is 0.916. The Labute approximate surface area is 113 Å². The molecule has 5 heteroatoms. The molecule has 1 aromatic rings.